The second-order valence-electron chi connectivity index (χ2n) is 4.73. The third-order valence-electron chi connectivity index (χ3n) is 3.54. The monoisotopic (exact) mass is 258 g/mol. The van der Waals surface area contributed by atoms with Crippen LogP contribution in [0.4, 0.5) is 0 Å². The first kappa shape index (κ1) is 12.2. The van der Waals surface area contributed by atoms with Crippen molar-refractivity contribution < 1.29 is 4.79 Å². The molecule has 1 aliphatic heterocycles. The molecule has 1 aliphatic rings. The maximum absolute atomic E-state index is 12.7. The van der Waals surface area contributed by atoms with Crippen molar-refractivity contribution in [2.45, 2.75) is 13.3 Å². The summed E-state index contributed by atoms with van der Waals surface area (Å²) in [7, 11) is 0. The average molecular weight is 258 g/mol. The number of aryl methyl sites for hydroxylation is 1. The van der Waals surface area contributed by atoms with Crippen LogP contribution in [0.1, 0.15) is 23.1 Å². The Bertz CT molecular complexity index is 599. The highest BCUT2D eigenvalue weighted by molar-refractivity contribution is 5.94. The van der Waals surface area contributed by atoms with E-state index in [2.05, 4.69) is 10.3 Å². The largest absolute Gasteiger partial charge is 0.335 e. The summed E-state index contributed by atoms with van der Waals surface area (Å²) in [6, 6.07) is 5.82. The zero-order valence-corrected chi connectivity index (χ0v) is 11.1. The molecule has 0 spiro atoms. The first-order valence-corrected chi connectivity index (χ1v) is 6.77. The van der Waals surface area contributed by atoms with E-state index in [4.69, 9.17) is 0 Å². The van der Waals surface area contributed by atoms with E-state index < -0.39 is 0 Å². The summed E-state index contributed by atoms with van der Waals surface area (Å²) in [6.07, 6.45) is 2.69. The molecule has 0 aromatic carbocycles. The minimum atomic E-state index is 0.0945. The predicted octanol–water partition coefficient (Wildman–Crippen LogP) is 0.942. The number of rotatable bonds is 2. The molecule has 19 heavy (non-hydrogen) atoms. The van der Waals surface area contributed by atoms with Crippen molar-refractivity contribution in [3.8, 4) is 0 Å². The molecule has 5 nitrogen and oxygen atoms in total. The molecule has 1 N–H and O–H groups in total. The number of pyridine rings is 1. The summed E-state index contributed by atoms with van der Waals surface area (Å²) < 4.78 is 1.91. The fourth-order valence-corrected chi connectivity index (χ4v) is 2.54. The lowest BCUT2D eigenvalue weighted by Gasteiger charge is -2.27. The Morgan fingerprint density at radius 2 is 2.16 bits per heavy atom. The number of nitrogens with one attached hydrogen (secondary N) is 1. The van der Waals surface area contributed by atoms with Gasteiger partial charge in [-0.1, -0.05) is 13.0 Å². The third-order valence-corrected chi connectivity index (χ3v) is 3.54. The highest BCUT2D eigenvalue weighted by Gasteiger charge is 2.24. The number of amides is 1. The van der Waals surface area contributed by atoms with Gasteiger partial charge in [-0.05, 0) is 18.6 Å². The van der Waals surface area contributed by atoms with E-state index in [1.54, 1.807) is 0 Å². The van der Waals surface area contributed by atoms with E-state index in [9.17, 15) is 4.79 Å². The normalized spacial score (nSPS) is 15.9. The SMILES string of the molecule is CCc1nc2ccccn2c1C(=O)N1CCNCC1. The number of piperazine rings is 1. The highest BCUT2D eigenvalue weighted by atomic mass is 16.2. The van der Waals surface area contributed by atoms with Gasteiger partial charge in [0.1, 0.15) is 11.3 Å². The van der Waals surface area contributed by atoms with Crippen LogP contribution in [-0.2, 0) is 6.42 Å². The van der Waals surface area contributed by atoms with E-state index in [0.29, 0.717) is 0 Å². The number of imidazole rings is 1. The Kier molecular flexibility index (Phi) is 3.21. The highest BCUT2D eigenvalue weighted by Crippen LogP contribution is 2.16. The molecule has 0 aliphatic carbocycles. The van der Waals surface area contributed by atoms with Crippen LogP contribution in [0.25, 0.3) is 5.65 Å². The Hall–Kier alpha value is -1.88. The minimum Gasteiger partial charge on any atom is -0.335 e. The summed E-state index contributed by atoms with van der Waals surface area (Å²) >= 11 is 0. The van der Waals surface area contributed by atoms with Gasteiger partial charge in [-0.15, -0.1) is 0 Å². The first-order valence-electron chi connectivity index (χ1n) is 6.77. The van der Waals surface area contributed by atoms with Gasteiger partial charge < -0.3 is 10.2 Å². The molecule has 0 unspecified atom stereocenters. The lowest BCUT2D eigenvalue weighted by Crippen LogP contribution is -2.46. The zero-order valence-electron chi connectivity index (χ0n) is 11.1. The smallest absolute Gasteiger partial charge is 0.272 e. The van der Waals surface area contributed by atoms with Crippen molar-refractivity contribution in [2.24, 2.45) is 0 Å². The number of hydrogen-bond donors (Lipinski definition) is 1. The van der Waals surface area contributed by atoms with Crippen molar-refractivity contribution >= 4 is 11.6 Å². The topological polar surface area (TPSA) is 49.6 Å². The second kappa shape index (κ2) is 5.01. The molecule has 0 bridgehead atoms. The Morgan fingerprint density at radius 3 is 2.89 bits per heavy atom. The van der Waals surface area contributed by atoms with Crippen molar-refractivity contribution in [1.29, 1.82) is 0 Å². The molecule has 1 saturated heterocycles. The van der Waals surface area contributed by atoms with Crippen LogP contribution in [-0.4, -0.2) is 46.4 Å². The molecule has 1 amide bonds. The van der Waals surface area contributed by atoms with Crippen molar-refractivity contribution in [3.05, 3.63) is 35.8 Å². The van der Waals surface area contributed by atoms with Gasteiger partial charge in [0.25, 0.3) is 5.91 Å². The molecular formula is C14H18N4O. The van der Waals surface area contributed by atoms with Crippen LogP contribution in [0.2, 0.25) is 0 Å². The second-order valence-corrected chi connectivity index (χ2v) is 4.73. The van der Waals surface area contributed by atoms with Crippen molar-refractivity contribution in [3.63, 3.8) is 0 Å². The Morgan fingerprint density at radius 1 is 1.37 bits per heavy atom. The number of hydrogen-bond acceptors (Lipinski definition) is 3. The van der Waals surface area contributed by atoms with Crippen LogP contribution >= 0.6 is 0 Å². The van der Waals surface area contributed by atoms with Crippen LogP contribution in [0.5, 0.6) is 0 Å². The van der Waals surface area contributed by atoms with E-state index in [-0.39, 0.29) is 5.91 Å². The molecule has 1 fully saturated rings. The quantitative estimate of drug-likeness (QED) is 0.872. The minimum absolute atomic E-state index is 0.0945. The van der Waals surface area contributed by atoms with Gasteiger partial charge in [0, 0.05) is 32.4 Å². The Labute approximate surface area is 112 Å². The molecule has 0 atom stereocenters. The van der Waals surface area contributed by atoms with Crippen LogP contribution in [0.15, 0.2) is 24.4 Å². The number of aromatic nitrogens is 2. The lowest BCUT2D eigenvalue weighted by molar-refractivity contribution is 0.0727. The van der Waals surface area contributed by atoms with E-state index in [1.165, 1.54) is 0 Å². The summed E-state index contributed by atoms with van der Waals surface area (Å²) in [5.41, 5.74) is 2.45. The third kappa shape index (κ3) is 2.10. The molecule has 3 rings (SSSR count). The molecule has 5 heteroatoms. The van der Waals surface area contributed by atoms with Gasteiger partial charge in [-0.3, -0.25) is 9.20 Å². The van der Waals surface area contributed by atoms with Gasteiger partial charge in [0.05, 0.1) is 5.69 Å². The molecule has 2 aromatic rings. The maximum atomic E-state index is 12.7. The fraction of sp³-hybridized carbons (Fsp3) is 0.429. The van der Waals surface area contributed by atoms with Gasteiger partial charge in [-0.25, -0.2) is 4.98 Å². The van der Waals surface area contributed by atoms with Crippen LogP contribution in [0.3, 0.4) is 0 Å². The zero-order chi connectivity index (χ0) is 13.2. The molecule has 0 radical (unpaired) electrons. The Balaban J connectivity index is 2.04. The molecular weight excluding hydrogens is 240 g/mol. The number of fused-ring (bicyclic) bond motifs is 1. The molecule has 3 heterocycles. The van der Waals surface area contributed by atoms with E-state index in [0.717, 1.165) is 49.6 Å². The van der Waals surface area contributed by atoms with Crippen LogP contribution < -0.4 is 5.32 Å². The van der Waals surface area contributed by atoms with Gasteiger partial charge in [-0.2, -0.15) is 0 Å². The van der Waals surface area contributed by atoms with E-state index in [1.807, 2.05) is 40.6 Å². The van der Waals surface area contributed by atoms with Crippen molar-refractivity contribution in [1.82, 2.24) is 19.6 Å². The lowest BCUT2D eigenvalue weighted by atomic mass is 10.2. The summed E-state index contributed by atoms with van der Waals surface area (Å²) in [5, 5.41) is 3.26. The van der Waals surface area contributed by atoms with Crippen LogP contribution in [0, 0.1) is 0 Å². The van der Waals surface area contributed by atoms with Gasteiger partial charge in [0.15, 0.2) is 0 Å². The summed E-state index contributed by atoms with van der Waals surface area (Å²) in [6.45, 7) is 5.30. The average Bonchev–Trinajstić information content (AvgIpc) is 2.86. The number of nitrogens with zero attached hydrogens (tertiary/aromatic N) is 3. The number of carbonyl (C=O) groups excluding carboxylic acids is 1. The maximum Gasteiger partial charge on any atom is 0.272 e. The van der Waals surface area contributed by atoms with Gasteiger partial charge >= 0.3 is 0 Å². The fourth-order valence-electron chi connectivity index (χ4n) is 2.54. The van der Waals surface area contributed by atoms with Crippen molar-refractivity contribution in [2.75, 3.05) is 26.2 Å². The first-order chi connectivity index (χ1) is 9.31. The number of carbonyl (C=O) groups is 1. The molecule has 2 aromatic heterocycles. The summed E-state index contributed by atoms with van der Waals surface area (Å²) in [5.74, 6) is 0.0945. The predicted molar refractivity (Wildman–Crippen MR) is 73.3 cm³/mol. The van der Waals surface area contributed by atoms with E-state index >= 15 is 0 Å². The molecule has 0 saturated carbocycles. The molecule has 100 valence electrons. The summed E-state index contributed by atoms with van der Waals surface area (Å²) in [4.78, 5) is 19.1. The standard InChI is InChI=1S/C14H18N4O/c1-2-11-13(14(19)17-9-6-15-7-10-17)18-8-4-3-5-12(18)16-11/h3-5,8,15H,2,6-7,9-10H2,1H3. The van der Waals surface area contributed by atoms with Gasteiger partial charge in [0.2, 0.25) is 0 Å².